The second kappa shape index (κ2) is 18.1. The largest absolute Gasteiger partial charge is 0.449 e. The number of esters is 1. The molecule has 0 bridgehead atoms. The van der Waals surface area contributed by atoms with Gasteiger partial charge in [0, 0.05) is 19.5 Å². The van der Waals surface area contributed by atoms with E-state index in [1.165, 1.54) is 19.3 Å². The van der Waals surface area contributed by atoms with Crippen LogP contribution in [-0.2, 0) is 23.7 Å². The normalized spacial score (nSPS) is 27.4. The van der Waals surface area contributed by atoms with Gasteiger partial charge in [-0.25, -0.2) is 4.79 Å². The first kappa shape index (κ1) is 30.1. The molecule has 1 aliphatic carbocycles. The van der Waals surface area contributed by atoms with Gasteiger partial charge in [0.15, 0.2) is 0 Å². The van der Waals surface area contributed by atoms with Crippen LogP contribution in [0.1, 0.15) is 70.6 Å². The third kappa shape index (κ3) is 12.7. The van der Waals surface area contributed by atoms with Crippen LogP contribution >= 0.6 is 0 Å². The number of ether oxygens (including phenoxy) is 4. The summed E-state index contributed by atoms with van der Waals surface area (Å²) in [7, 11) is 1.59. The first-order valence-electron chi connectivity index (χ1n) is 13.2. The monoisotopic (exact) mass is 500 g/mol. The van der Waals surface area contributed by atoms with Crippen LogP contribution in [0.3, 0.4) is 0 Å². The molecule has 4 atom stereocenters. The summed E-state index contributed by atoms with van der Waals surface area (Å²) in [6.07, 6.45) is 17.9. The summed E-state index contributed by atoms with van der Waals surface area (Å²) in [5.74, 6) is 5.04. The van der Waals surface area contributed by atoms with E-state index in [-0.39, 0.29) is 25.6 Å². The highest BCUT2D eigenvalue weighted by Crippen LogP contribution is 2.25. The molecule has 1 fully saturated rings. The highest BCUT2D eigenvalue weighted by atomic mass is 16.7. The van der Waals surface area contributed by atoms with Gasteiger partial charge in [-0.1, -0.05) is 67.7 Å². The number of carbonyl (C=O) groups is 1. The van der Waals surface area contributed by atoms with Crippen LogP contribution in [0.25, 0.3) is 0 Å². The number of allylic oxidation sites excluding steroid dienone is 1. The maximum atomic E-state index is 12.4. The van der Waals surface area contributed by atoms with E-state index in [9.17, 15) is 9.90 Å². The lowest BCUT2D eigenvalue weighted by molar-refractivity contribution is -0.145. The Morgan fingerprint density at radius 3 is 2.81 bits per heavy atom. The number of methoxy groups -OCH3 is 1. The number of carbonyl (C=O) groups excluding carboxylic acids is 1. The quantitative estimate of drug-likeness (QED) is 0.158. The van der Waals surface area contributed by atoms with Crippen molar-refractivity contribution in [2.45, 2.75) is 95.0 Å². The molecule has 6 nitrogen and oxygen atoms in total. The number of rotatable bonds is 8. The summed E-state index contributed by atoms with van der Waals surface area (Å²) in [6, 6.07) is 0. The van der Waals surface area contributed by atoms with Crippen LogP contribution in [0.4, 0.5) is 0 Å². The highest BCUT2D eigenvalue weighted by molar-refractivity contribution is 5.88. The van der Waals surface area contributed by atoms with Crippen molar-refractivity contribution in [2.75, 3.05) is 20.5 Å². The predicted octanol–water partition coefficient (Wildman–Crippen LogP) is 5.43. The van der Waals surface area contributed by atoms with Gasteiger partial charge in [0.1, 0.15) is 25.6 Å². The number of hydrogen-bond acceptors (Lipinski definition) is 6. The van der Waals surface area contributed by atoms with E-state index in [0.29, 0.717) is 25.2 Å². The van der Waals surface area contributed by atoms with Gasteiger partial charge in [-0.2, -0.15) is 0 Å². The number of aliphatic hydroxyl groups excluding tert-OH is 1. The fourth-order valence-electron chi connectivity index (χ4n) is 4.54. The van der Waals surface area contributed by atoms with Crippen molar-refractivity contribution < 1.29 is 28.8 Å². The maximum absolute atomic E-state index is 12.4. The summed E-state index contributed by atoms with van der Waals surface area (Å²) in [6.45, 7) is 8.33. The van der Waals surface area contributed by atoms with Gasteiger partial charge in [-0.3, -0.25) is 0 Å². The Balaban J connectivity index is 2.15. The lowest BCUT2D eigenvalue weighted by Crippen LogP contribution is -2.29. The van der Waals surface area contributed by atoms with Crippen molar-refractivity contribution in [3.63, 3.8) is 0 Å². The number of cyclic esters (lactones) is 1. The molecular formula is C30H44O6. The molecule has 0 radical (unpaired) electrons. The Morgan fingerprint density at radius 1 is 1.25 bits per heavy atom. The molecule has 0 saturated heterocycles. The van der Waals surface area contributed by atoms with Gasteiger partial charge in [0.05, 0.1) is 12.2 Å². The molecule has 1 N–H and O–H groups in total. The molecule has 0 aromatic heterocycles. The predicted molar refractivity (Wildman–Crippen MR) is 142 cm³/mol. The Kier molecular flexibility index (Phi) is 15.1. The van der Waals surface area contributed by atoms with E-state index in [1.807, 2.05) is 18.2 Å². The summed E-state index contributed by atoms with van der Waals surface area (Å²) >= 11 is 0. The first-order chi connectivity index (χ1) is 17.5. The lowest BCUT2D eigenvalue weighted by atomic mass is 9.88. The van der Waals surface area contributed by atoms with Crippen LogP contribution < -0.4 is 0 Å². The fraction of sp³-hybridized carbons (Fsp3) is 0.633. The summed E-state index contributed by atoms with van der Waals surface area (Å²) in [5, 5.41) is 10.8. The van der Waals surface area contributed by atoms with E-state index in [2.05, 4.69) is 31.1 Å². The average molecular weight is 501 g/mol. The summed E-state index contributed by atoms with van der Waals surface area (Å²) in [4.78, 5) is 12.4. The Labute approximate surface area is 217 Å². The maximum Gasteiger partial charge on any atom is 0.384 e. The van der Waals surface area contributed by atoms with Crippen LogP contribution in [0, 0.1) is 17.8 Å². The third-order valence-electron chi connectivity index (χ3n) is 6.55. The molecule has 2 aliphatic rings. The number of hydrogen-bond donors (Lipinski definition) is 1. The molecule has 1 heterocycles. The van der Waals surface area contributed by atoms with E-state index >= 15 is 0 Å². The van der Waals surface area contributed by atoms with Gasteiger partial charge in [-0.15, -0.1) is 6.58 Å². The highest BCUT2D eigenvalue weighted by Gasteiger charge is 2.21. The van der Waals surface area contributed by atoms with E-state index in [4.69, 9.17) is 18.9 Å². The molecule has 0 aromatic rings. The second-order valence-corrected chi connectivity index (χ2v) is 9.60. The molecule has 1 saturated carbocycles. The second-order valence-electron chi connectivity index (χ2n) is 9.60. The lowest BCUT2D eigenvalue weighted by Gasteiger charge is -2.21. The molecule has 200 valence electrons. The topological polar surface area (TPSA) is 74.2 Å². The SMILES string of the molecule is C=CC[C@H]1CCCC(=C)CC(OCOC)/C=C/CC(C(O)/C=C/C2CCCCC2)OC(=O)C#CCO1. The molecule has 6 heteroatoms. The zero-order valence-corrected chi connectivity index (χ0v) is 21.9. The van der Waals surface area contributed by atoms with Gasteiger partial charge < -0.3 is 24.1 Å². The van der Waals surface area contributed by atoms with Crippen LogP contribution in [0.5, 0.6) is 0 Å². The van der Waals surface area contributed by atoms with Crippen molar-refractivity contribution in [3.8, 4) is 11.8 Å². The zero-order chi connectivity index (χ0) is 26.0. The van der Waals surface area contributed by atoms with Crippen molar-refractivity contribution in [1.82, 2.24) is 0 Å². The minimum absolute atomic E-state index is 0.0174. The van der Waals surface area contributed by atoms with Gasteiger partial charge in [-0.05, 0) is 50.9 Å². The third-order valence-corrected chi connectivity index (χ3v) is 6.55. The smallest absolute Gasteiger partial charge is 0.384 e. The van der Waals surface area contributed by atoms with Crippen molar-refractivity contribution in [1.29, 1.82) is 0 Å². The van der Waals surface area contributed by atoms with Crippen LogP contribution in [0.2, 0.25) is 0 Å². The van der Waals surface area contributed by atoms with E-state index in [0.717, 1.165) is 37.7 Å². The molecule has 0 spiro atoms. The molecule has 0 amide bonds. The van der Waals surface area contributed by atoms with Crippen LogP contribution in [0.15, 0.2) is 49.1 Å². The Bertz CT molecular complexity index is 783. The minimum Gasteiger partial charge on any atom is -0.449 e. The molecule has 1 aliphatic heterocycles. The van der Waals surface area contributed by atoms with Gasteiger partial charge in [0.2, 0.25) is 0 Å². The summed E-state index contributed by atoms with van der Waals surface area (Å²) in [5.41, 5.74) is 1.08. The van der Waals surface area contributed by atoms with Crippen molar-refractivity contribution >= 4 is 5.97 Å². The van der Waals surface area contributed by atoms with Gasteiger partial charge in [0.25, 0.3) is 0 Å². The van der Waals surface area contributed by atoms with Crippen molar-refractivity contribution in [3.05, 3.63) is 49.1 Å². The van der Waals surface area contributed by atoms with Gasteiger partial charge >= 0.3 is 5.97 Å². The summed E-state index contributed by atoms with van der Waals surface area (Å²) < 4.78 is 22.3. The molecule has 3 unspecified atom stereocenters. The standard InChI is InChI=1S/C30H44O6/c1-4-11-26-15-8-12-24(2)22-27(35-23-33-3)16-9-17-29(36-30(32)18-10-21-34-26)28(31)20-19-25-13-6-5-7-14-25/h4,9,16,19-20,25-29,31H,1-2,5-8,11-15,17,21-23H2,3H3/b16-9+,20-19+/t26-,27?,28?,29?/m0/s1. The average Bonchev–Trinajstić information content (AvgIpc) is 2.87. The van der Waals surface area contributed by atoms with E-state index < -0.39 is 18.2 Å². The molecule has 2 rings (SSSR count). The zero-order valence-electron chi connectivity index (χ0n) is 21.9. The minimum atomic E-state index is -0.925. The fourth-order valence-corrected chi connectivity index (χ4v) is 4.54. The Morgan fingerprint density at radius 2 is 2.06 bits per heavy atom. The molecule has 36 heavy (non-hydrogen) atoms. The first-order valence-corrected chi connectivity index (χ1v) is 13.2. The molecule has 0 aromatic carbocycles. The molecular weight excluding hydrogens is 456 g/mol. The Hall–Kier alpha value is -2.17. The van der Waals surface area contributed by atoms with Crippen molar-refractivity contribution in [2.24, 2.45) is 5.92 Å². The number of aliphatic hydroxyl groups is 1. The van der Waals surface area contributed by atoms with E-state index in [1.54, 1.807) is 13.2 Å². The van der Waals surface area contributed by atoms with Crippen LogP contribution in [-0.4, -0.2) is 56.0 Å².